The number of hydrogen-bond acceptors (Lipinski definition) is 8. The number of nitrogens with zero attached hydrogens (tertiary/aromatic N) is 3. The summed E-state index contributed by atoms with van der Waals surface area (Å²) >= 11 is 2.79. The molecular formula is C45H51BrF6N4O5Si. The van der Waals surface area contributed by atoms with Gasteiger partial charge in [0, 0.05) is 6.10 Å². The highest BCUT2D eigenvalue weighted by Gasteiger charge is 2.61. The normalized spacial score (nSPS) is 14.3. The molecule has 62 heavy (non-hydrogen) atoms. The van der Waals surface area contributed by atoms with E-state index >= 15 is 13.2 Å². The number of unbranched alkanes of at least 4 members (excludes halogenated alkanes) is 2. The van der Waals surface area contributed by atoms with E-state index in [1.54, 1.807) is 30.3 Å². The standard InChI is InChI=1S/C45H51BrF6N4O5Si/c1-30(61-62(42(5,6)7,32-23-15-9-16-24-32)33-25-17-10-18-26-33)20-12-11-19-27-43(45(50,51)52,58-29-31-21-13-8-14-22-31)39-56-55-38(59-39)36-35(53-40(57)60-41(2,3)4)28-34(37(46)54-36)44(47,48)49/h8-10,13-18,21-26,28,30H,11-12,19-20,27,29H2,1-7H3,(H,53,57)/t30-,43-/m1/s1. The van der Waals surface area contributed by atoms with Gasteiger partial charge in [0.1, 0.15) is 10.2 Å². The molecule has 0 radical (unpaired) electrons. The Bertz CT molecular complexity index is 2190. The van der Waals surface area contributed by atoms with E-state index in [4.69, 9.17) is 18.3 Å². The van der Waals surface area contributed by atoms with Gasteiger partial charge >= 0.3 is 18.4 Å². The van der Waals surface area contributed by atoms with E-state index < -0.39 is 84.3 Å². The molecule has 0 aliphatic rings. The van der Waals surface area contributed by atoms with Gasteiger partial charge in [-0.1, -0.05) is 125 Å². The number of benzene rings is 3. The number of carbonyl (C=O) groups is 1. The summed E-state index contributed by atoms with van der Waals surface area (Å²) in [5, 5.41) is 11.7. The summed E-state index contributed by atoms with van der Waals surface area (Å²) in [5.41, 5.74) is -6.17. The quantitative estimate of drug-likeness (QED) is 0.0451. The van der Waals surface area contributed by atoms with Crippen LogP contribution in [-0.2, 0) is 32.3 Å². The minimum atomic E-state index is -5.11. The van der Waals surface area contributed by atoms with Crippen LogP contribution in [0.25, 0.3) is 11.6 Å². The zero-order chi connectivity index (χ0) is 45.6. The number of nitrogens with one attached hydrogen (secondary N) is 1. The lowest BCUT2D eigenvalue weighted by molar-refractivity contribution is -0.300. The fourth-order valence-corrected chi connectivity index (χ4v) is 12.5. The highest BCUT2D eigenvalue weighted by Crippen LogP contribution is 2.48. The Morgan fingerprint density at radius 2 is 1.37 bits per heavy atom. The van der Waals surface area contributed by atoms with Crippen molar-refractivity contribution in [2.45, 2.75) is 122 Å². The van der Waals surface area contributed by atoms with Crippen LogP contribution in [0.15, 0.2) is 106 Å². The third-order valence-corrected chi connectivity index (χ3v) is 15.9. The van der Waals surface area contributed by atoms with Crippen molar-refractivity contribution in [2.24, 2.45) is 0 Å². The molecule has 0 aliphatic carbocycles. The second kappa shape index (κ2) is 19.4. The Balaban J connectivity index is 1.43. The molecule has 0 spiro atoms. The maximum atomic E-state index is 15.6. The molecule has 9 nitrogen and oxygen atoms in total. The number of aromatic nitrogens is 3. The molecule has 2 aromatic heterocycles. The number of rotatable bonds is 16. The lowest BCUT2D eigenvalue weighted by atomic mass is 9.94. The summed E-state index contributed by atoms with van der Waals surface area (Å²) in [6.45, 7) is 12.6. The zero-order valence-corrected chi connectivity index (χ0v) is 38.2. The first-order valence-electron chi connectivity index (χ1n) is 20.1. The van der Waals surface area contributed by atoms with Gasteiger partial charge in [-0.3, -0.25) is 5.32 Å². The second-order valence-corrected chi connectivity index (χ2v) is 22.1. The molecule has 17 heteroatoms. The Morgan fingerprint density at radius 1 is 0.806 bits per heavy atom. The van der Waals surface area contributed by atoms with Crippen LogP contribution in [-0.4, -0.2) is 47.5 Å². The topological polar surface area (TPSA) is 109 Å². The van der Waals surface area contributed by atoms with Gasteiger partial charge in [0.25, 0.3) is 20.1 Å². The number of ether oxygens (including phenoxy) is 2. The van der Waals surface area contributed by atoms with E-state index in [2.05, 4.69) is 81.5 Å². The average Bonchev–Trinajstić information content (AvgIpc) is 3.68. The number of hydrogen-bond donors (Lipinski definition) is 1. The fraction of sp³-hybridized carbons (Fsp3) is 0.422. The number of halogens is 7. The number of carbonyl (C=O) groups excluding carboxylic acids is 1. The second-order valence-electron chi connectivity index (χ2n) is 17.1. The summed E-state index contributed by atoms with van der Waals surface area (Å²) in [4.78, 5) is 16.6. The van der Waals surface area contributed by atoms with Crippen molar-refractivity contribution in [2.75, 3.05) is 5.32 Å². The van der Waals surface area contributed by atoms with Crippen molar-refractivity contribution in [3.05, 3.63) is 119 Å². The molecule has 0 saturated heterocycles. The van der Waals surface area contributed by atoms with Gasteiger partial charge in [0.2, 0.25) is 5.60 Å². The van der Waals surface area contributed by atoms with E-state index in [0.717, 1.165) is 10.4 Å². The van der Waals surface area contributed by atoms with Gasteiger partial charge in [0.05, 0.1) is 17.9 Å². The number of pyridine rings is 1. The molecule has 3 aromatic carbocycles. The smallest absolute Gasteiger partial charge is 0.426 e. The highest BCUT2D eigenvalue weighted by molar-refractivity contribution is 9.10. The highest BCUT2D eigenvalue weighted by atomic mass is 79.9. The number of alkyl halides is 6. The van der Waals surface area contributed by atoms with Crippen LogP contribution in [0, 0.1) is 0 Å². The van der Waals surface area contributed by atoms with Gasteiger partial charge in [-0.25, -0.2) is 9.78 Å². The summed E-state index contributed by atoms with van der Waals surface area (Å²) in [5.74, 6) is -1.69. The molecule has 2 heterocycles. The van der Waals surface area contributed by atoms with Crippen molar-refractivity contribution in [3.63, 3.8) is 0 Å². The molecule has 1 N–H and O–H groups in total. The maximum absolute atomic E-state index is 15.6. The molecule has 0 fully saturated rings. The lowest BCUT2D eigenvalue weighted by Gasteiger charge is -2.44. The molecule has 5 aromatic rings. The van der Waals surface area contributed by atoms with E-state index in [-0.39, 0.29) is 17.6 Å². The van der Waals surface area contributed by atoms with Gasteiger partial charge < -0.3 is 18.3 Å². The molecule has 0 saturated carbocycles. The Morgan fingerprint density at radius 3 is 1.89 bits per heavy atom. The Hall–Kier alpha value is -4.58. The van der Waals surface area contributed by atoms with Crippen molar-refractivity contribution in [1.82, 2.24) is 15.2 Å². The molecule has 5 rings (SSSR count). The predicted molar refractivity (Wildman–Crippen MR) is 230 cm³/mol. The van der Waals surface area contributed by atoms with Crippen LogP contribution in [0.3, 0.4) is 0 Å². The van der Waals surface area contributed by atoms with Gasteiger partial charge in [-0.2, -0.15) is 26.3 Å². The van der Waals surface area contributed by atoms with Crippen LogP contribution < -0.4 is 15.7 Å². The van der Waals surface area contributed by atoms with Crippen molar-refractivity contribution < 1.29 is 49.5 Å². The van der Waals surface area contributed by atoms with Crippen molar-refractivity contribution in [3.8, 4) is 11.6 Å². The molecule has 0 aliphatic heterocycles. The van der Waals surface area contributed by atoms with Crippen LogP contribution in [0.2, 0.25) is 5.04 Å². The third-order valence-electron chi connectivity index (χ3n) is 10.1. The summed E-state index contributed by atoms with van der Waals surface area (Å²) < 4.78 is 112. The fourth-order valence-electron chi connectivity index (χ4n) is 7.24. The van der Waals surface area contributed by atoms with Crippen LogP contribution in [0.5, 0.6) is 0 Å². The molecular weight excluding hydrogens is 898 g/mol. The van der Waals surface area contributed by atoms with Crippen LogP contribution in [0.4, 0.5) is 36.8 Å². The van der Waals surface area contributed by atoms with Gasteiger partial charge in [0.15, 0.2) is 5.69 Å². The molecule has 0 unspecified atom stereocenters. The average molecular weight is 950 g/mol. The largest absolute Gasteiger partial charge is 0.444 e. The van der Waals surface area contributed by atoms with E-state index in [1.807, 2.05) is 43.3 Å². The van der Waals surface area contributed by atoms with Crippen LogP contribution >= 0.6 is 15.9 Å². The number of anilines is 1. The Labute approximate surface area is 367 Å². The summed E-state index contributed by atoms with van der Waals surface area (Å²) in [7, 11) is -2.88. The van der Waals surface area contributed by atoms with E-state index in [0.29, 0.717) is 30.9 Å². The maximum Gasteiger partial charge on any atom is 0.426 e. The van der Waals surface area contributed by atoms with Gasteiger partial charge in [-0.05, 0) is 89.9 Å². The molecule has 0 bridgehead atoms. The van der Waals surface area contributed by atoms with E-state index in [9.17, 15) is 18.0 Å². The molecule has 2 atom stereocenters. The van der Waals surface area contributed by atoms with Gasteiger partial charge in [-0.15, -0.1) is 10.2 Å². The van der Waals surface area contributed by atoms with Crippen molar-refractivity contribution in [1.29, 1.82) is 0 Å². The predicted octanol–water partition coefficient (Wildman–Crippen LogP) is 12.1. The summed E-state index contributed by atoms with van der Waals surface area (Å²) in [6.07, 6.45) is -10.7. The molecule has 334 valence electrons. The monoisotopic (exact) mass is 948 g/mol. The lowest BCUT2D eigenvalue weighted by Crippen LogP contribution is -2.67. The summed E-state index contributed by atoms with van der Waals surface area (Å²) in [6, 6.07) is 29.1. The third kappa shape index (κ3) is 11.5. The first kappa shape index (κ1) is 48.4. The minimum Gasteiger partial charge on any atom is -0.444 e. The zero-order valence-electron chi connectivity index (χ0n) is 35.6. The first-order valence-corrected chi connectivity index (χ1v) is 22.8. The van der Waals surface area contributed by atoms with E-state index in [1.165, 1.54) is 20.8 Å². The number of amides is 1. The van der Waals surface area contributed by atoms with Crippen LogP contribution in [0.1, 0.15) is 97.6 Å². The minimum absolute atomic E-state index is 0.00741. The van der Waals surface area contributed by atoms with Crippen molar-refractivity contribution >= 4 is 46.4 Å². The molecule has 1 amide bonds. The SMILES string of the molecule is C[C@H](CCCCC[C@@](OCc1ccccc1)(c1nnc(-c2nc(Br)c(C(F)(F)F)cc2NC(=O)OC(C)(C)C)o1)C(F)(F)F)O[Si](c1ccccc1)(c1ccccc1)C(C)(C)C. The first-order chi connectivity index (χ1) is 29.0. The Kier molecular flexibility index (Phi) is 15.2.